The molecule has 0 saturated heterocycles. The highest BCUT2D eigenvalue weighted by atomic mass is 35.5. The number of aromatic nitrogens is 2. The van der Waals surface area contributed by atoms with Gasteiger partial charge in [-0.25, -0.2) is 4.98 Å². The molecule has 1 aliphatic rings. The Hall–Kier alpha value is -1.54. The Labute approximate surface area is 173 Å². The average Bonchev–Trinajstić information content (AvgIpc) is 3.02. The van der Waals surface area contributed by atoms with Crippen LogP contribution >= 0.6 is 46.3 Å². The van der Waals surface area contributed by atoms with Crippen LogP contribution in [-0.4, -0.2) is 21.6 Å². The summed E-state index contributed by atoms with van der Waals surface area (Å²) in [6.07, 6.45) is 4.22. The summed E-state index contributed by atoms with van der Waals surface area (Å²) in [5.41, 5.74) is 1.41. The minimum atomic E-state index is -0.275. The molecule has 0 spiro atoms. The molecule has 0 saturated carbocycles. The monoisotopic (exact) mass is 439 g/mol. The number of aryl methyl sites for hydroxylation is 2. The first-order valence-corrected chi connectivity index (χ1v) is 11.0. The first-order chi connectivity index (χ1) is 13.0. The van der Waals surface area contributed by atoms with Gasteiger partial charge in [-0.2, -0.15) is 0 Å². The van der Waals surface area contributed by atoms with Crippen LogP contribution < -0.4 is 10.9 Å². The molecule has 27 heavy (non-hydrogen) atoms. The fraction of sp³-hybridized carbons (Fsp3) is 0.278. The number of H-pyrrole nitrogens is 1. The van der Waals surface area contributed by atoms with Crippen molar-refractivity contribution in [3.05, 3.63) is 49.0 Å². The van der Waals surface area contributed by atoms with Gasteiger partial charge < -0.3 is 10.3 Å². The van der Waals surface area contributed by atoms with Crippen LogP contribution in [-0.2, 0) is 17.6 Å². The summed E-state index contributed by atoms with van der Waals surface area (Å²) in [5, 5.41) is 4.60. The van der Waals surface area contributed by atoms with Crippen LogP contribution in [0.4, 0.5) is 5.69 Å². The molecule has 0 radical (unpaired) electrons. The van der Waals surface area contributed by atoms with E-state index in [0.29, 0.717) is 26.3 Å². The second-order valence-electron chi connectivity index (χ2n) is 6.20. The van der Waals surface area contributed by atoms with E-state index in [-0.39, 0.29) is 17.2 Å². The zero-order valence-electron chi connectivity index (χ0n) is 14.1. The van der Waals surface area contributed by atoms with Gasteiger partial charge in [-0.3, -0.25) is 9.59 Å². The first kappa shape index (κ1) is 18.8. The van der Waals surface area contributed by atoms with E-state index >= 15 is 0 Å². The molecule has 140 valence electrons. The summed E-state index contributed by atoms with van der Waals surface area (Å²) in [7, 11) is 0. The molecule has 0 atom stereocenters. The molecule has 0 aliphatic heterocycles. The summed E-state index contributed by atoms with van der Waals surface area (Å²) in [6, 6.07) is 5.02. The number of anilines is 1. The Kier molecular flexibility index (Phi) is 5.45. The molecule has 4 rings (SSSR count). The lowest BCUT2D eigenvalue weighted by molar-refractivity contribution is -0.113. The average molecular weight is 440 g/mol. The Morgan fingerprint density at radius 1 is 1.26 bits per heavy atom. The lowest BCUT2D eigenvalue weighted by Crippen LogP contribution is -2.16. The van der Waals surface area contributed by atoms with E-state index < -0.39 is 0 Å². The van der Waals surface area contributed by atoms with E-state index in [1.807, 2.05) is 0 Å². The number of carbonyl (C=O) groups is 1. The van der Waals surface area contributed by atoms with Crippen LogP contribution in [0.2, 0.25) is 10.0 Å². The van der Waals surface area contributed by atoms with Gasteiger partial charge in [0.05, 0.1) is 26.9 Å². The predicted octanol–water partition coefficient (Wildman–Crippen LogP) is 4.90. The standard InChI is InChI=1S/C18H15Cl2N3O2S2/c19-10-5-3-6-11(20)15(10)21-13(24)8-26-18-22-16(25)14-9-4-1-2-7-12(9)27-17(14)23-18/h3,5-6H,1-2,4,7-8H2,(H,21,24)(H,22,23,25). The normalized spacial score (nSPS) is 13.6. The van der Waals surface area contributed by atoms with Crippen molar-refractivity contribution in [1.82, 2.24) is 9.97 Å². The van der Waals surface area contributed by atoms with Crippen molar-refractivity contribution in [1.29, 1.82) is 0 Å². The highest BCUT2D eigenvalue weighted by Gasteiger charge is 2.20. The van der Waals surface area contributed by atoms with Crippen LogP contribution in [0, 0.1) is 0 Å². The number of para-hydroxylation sites is 1. The maximum absolute atomic E-state index is 12.5. The van der Waals surface area contributed by atoms with Crippen molar-refractivity contribution in [3.63, 3.8) is 0 Å². The lowest BCUT2D eigenvalue weighted by Gasteiger charge is -2.09. The van der Waals surface area contributed by atoms with Crippen molar-refractivity contribution in [2.75, 3.05) is 11.1 Å². The Bertz CT molecular complexity index is 1070. The van der Waals surface area contributed by atoms with E-state index in [9.17, 15) is 9.59 Å². The second kappa shape index (κ2) is 7.83. The molecule has 1 amide bonds. The van der Waals surface area contributed by atoms with Gasteiger partial charge in [-0.1, -0.05) is 41.0 Å². The molecule has 2 heterocycles. The molecule has 5 nitrogen and oxygen atoms in total. The summed E-state index contributed by atoms with van der Waals surface area (Å²) < 4.78 is 0. The smallest absolute Gasteiger partial charge is 0.260 e. The fourth-order valence-corrected chi connectivity index (χ4v) is 5.61. The number of hydrogen-bond donors (Lipinski definition) is 2. The van der Waals surface area contributed by atoms with Gasteiger partial charge in [0.2, 0.25) is 5.91 Å². The molecular formula is C18H15Cl2N3O2S2. The molecule has 9 heteroatoms. The SMILES string of the molecule is O=C(CSc1nc2sc3c(c2c(=O)[nH]1)CCCC3)Nc1c(Cl)cccc1Cl. The minimum absolute atomic E-state index is 0.0844. The van der Waals surface area contributed by atoms with Crippen LogP contribution in [0.1, 0.15) is 23.3 Å². The number of carbonyl (C=O) groups excluding carboxylic acids is 1. The topological polar surface area (TPSA) is 74.8 Å². The summed E-state index contributed by atoms with van der Waals surface area (Å²) in [5.74, 6) is -0.190. The van der Waals surface area contributed by atoms with E-state index in [1.54, 1.807) is 29.5 Å². The molecule has 1 aliphatic carbocycles. The Balaban J connectivity index is 1.51. The minimum Gasteiger partial charge on any atom is -0.323 e. The number of fused-ring (bicyclic) bond motifs is 3. The van der Waals surface area contributed by atoms with Crippen LogP contribution in [0.3, 0.4) is 0 Å². The second-order valence-corrected chi connectivity index (χ2v) is 9.06. The van der Waals surface area contributed by atoms with E-state index in [4.69, 9.17) is 23.2 Å². The van der Waals surface area contributed by atoms with Crippen LogP contribution in [0.15, 0.2) is 28.2 Å². The highest BCUT2D eigenvalue weighted by molar-refractivity contribution is 7.99. The van der Waals surface area contributed by atoms with Crippen LogP contribution in [0.25, 0.3) is 10.2 Å². The van der Waals surface area contributed by atoms with Gasteiger partial charge in [0.15, 0.2) is 5.16 Å². The van der Waals surface area contributed by atoms with Gasteiger partial charge in [0.25, 0.3) is 5.56 Å². The zero-order valence-corrected chi connectivity index (χ0v) is 17.2. The number of halogens is 2. The van der Waals surface area contributed by atoms with E-state index in [2.05, 4.69) is 15.3 Å². The van der Waals surface area contributed by atoms with Gasteiger partial charge >= 0.3 is 0 Å². The first-order valence-electron chi connectivity index (χ1n) is 8.44. The third-order valence-corrected chi connectivity index (χ3v) is 7.06. The van der Waals surface area contributed by atoms with Crippen molar-refractivity contribution >= 4 is 68.1 Å². The Morgan fingerprint density at radius 2 is 2.00 bits per heavy atom. The summed E-state index contributed by atoms with van der Waals surface area (Å²) in [6.45, 7) is 0. The quantitative estimate of drug-likeness (QED) is 0.447. The fourth-order valence-electron chi connectivity index (χ4n) is 3.14. The van der Waals surface area contributed by atoms with Crippen molar-refractivity contribution in [2.24, 2.45) is 0 Å². The van der Waals surface area contributed by atoms with Gasteiger partial charge in [-0.05, 0) is 43.4 Å². The third-order valence-electron chi connectivity index (χ3n) is 4.37. The molecule has 2 aromatic heterocycles. The number of hydrogen-bond acceptors (Lipinski definition) is 5. The summed E-state index contributed by atoms with van der Waals surface area (Å²) >= 11 is 14.9. The van der Waals surface area contributed by atoms with Gasteiger partial charge in [-0.15, -0.1) is 11.3 Å². The number of thioether (sulfide) groups is 1. The molecule has 0 unspecified atom stereocenters. The maximum Gasteiger partial charge on any atom is 0.260 e. The number of nitrogens with zero attached hydrogens (tertiary/aromatic N) is 1. The molecule has 2 N–H and O–H groups in total. The number of rotatable bonds is 4. The number of thiophene rings is 1. The number of aromatic amines is 1. The molecule has 0 bridgehead atoms. The van der Waals surface area contributed by atoms with E-state index in [0.717, 1.165) is 36.1 Å². The zero-order chi connectivity index (χ0) is 19.0. The Morgan fingerprint density at radius 3 is 2.78 bits per heavy atom. The molecule has 1 aromatic carbocycles. The lowest BCUT2D eigenvalue weighted by atomic mass is 9.97. The van der Waals surface area contributed by atoms with E-state index in [1.165, 1.54) is 16.6 Å². The van der Waals surface area contributed by atoms with Crippen LogP contribution in [0.5, 0.6) is 0 Å². The third kappa shape index (κ3) is 3.87. The maximum atomic E-state index is 12.5. The highest BCUT2D eigenvalue weighted by Crippen LogP contribution is 2.34. The largest absolute Gasteiger partial charge is 0.323 e. The van der Waals surface area contributed by atoms with Crippen molar-refractivity contribution < 1.29 is 4.79 Å². The molecule has 0 fully saturated rings. The summed E-state index contributed by atoms with van der Waals surface area (Å²) in [4.78, 5) is 34.1. The molecule has 3 aromatic rings. The number of benzene rings is 1. The number of amides is 1. The van der Waals surface area contributed by atoms with Gasteiger partial charge in [0, 0.05) is 4.88 Å². The van der Waals surface area contributed by atoms with Gasteiger partial charge in [0.1, 0.15) is 4.83 Å². The van der Waals surface area contributed by atoms with Crippen molar-refractivity contribution in [2.45, 2.75) is 30.8 Å². The molecular weight excluding hydrogens is 425 g/mol. The number of nitrogens with one attached hydrogen (secondary N) is 2. The predicted molar refractivity (Wildman–Crippen MR) is 113 cm³/mol. The van der Waals surface area contributed by atoms with Crippen molar-refractivity contribution in [3.8, 4) is 0 Å².